The van der Waals surface area contributed by atoms with Crippen LogP contribution in [0.3, 0.4) is 0 Å². The van der Waals surface area contributed by atoms with Gasteiger partial charge in [-0.1, -0.05) is 0 Å². The molecule has 8 nitrogen and oxygen atoms in total. The van der Waals surface area contributed by atoms with E-state index in [1.165, 1.54) is 0 Å². The van der Waals surface area contributed by atoms with Gasteiger partial charge in [0.15, 0.2) is 11.5 Å². The second kappa shape index (κ2) is 5.94. The van der Waals surface area contributed by atoms with Crippen molar-refractivity contribution in [1.82, 2.24) is 29.9 Å². The molecule has 1 saturated heterocycles. The molecule has 5 heterocycles. The summed E-state index contributed by atoms with van der Waals surface area (Å²) < 4.78 is 1.80. The van der Waals surface area contributed by atoms with Crippen molar-refractivity contribution >= 4 is 5.82 Å². The zero-order valence-corrected chi connectivity index (χ0v) is 15.0. The summed E-state index contributed by atoms with van der Waals surface area (Å²) >= 11 is 0. The summed E-state index contributed by atoms with van der Waals surface area (Å²) in [6.45, 7) is 4.26. The minimum atomic E-state index is -0.143. The Morgan fingerprint density at radius 1 is 0.963 bits per heavy atom. The first-order valence-electron chi connectivity index (χ1n) is 9.10. The zero-order chi connectivity index (χ0) is 18.4. The van der Waals surface area contributed by atoms with Crippen molar-refractivity contribution in [3.05, 3.63) is 58.5 Å². The third-order valence-electron chi connectivity index (χ3n) is 5.65. The molecule has 0 radical (unpaired) electrons. The van der Waals surface area contributed by atoms with Crippen LogP contribution in [-0.2, 0) is 12.0 Å². The predicted molar refractivity (Wildman–Crippen MR) is 99.4 cm³/mol. The number of anilines is 1. The van der Waals surface area contributed by atoms with Crippen molar-refractivity contribution in [2.24, 2.45) is 0 Å². The number of aryl methyl sites for hydroxylation is 1. The summed E-state index contributed by atoms with van der Waals surface area (Å²) in [5, 5.41) is 17.3. The van der Waals surface area contributed by atoms with Gasteiger partial charge in [0.05, 0.1) is 11.1 Å². The fourth-order valence-electron chi connectivity index (χ4n) is 4.16. The molecule has 3 aromatic rings. The fourth-order valence-corrected chi connectivity index (χ4v) is 4.16. The number of pyridine rings is 1. The van der Waals surface area contributed by atoms with Crippen LogP contribution in [0.1, 0.15) is 24.4 Å². The lowest BCUT2D eigenvalue weighted by molar-refractivity contribution is 0.457. The van der Waals surface area contributed by atoms with E-state index in [0.717, 1.165) is 48.8 Å². The van der Waals surface area contributed by atoms with Gasteiger partial charge in [-0.25, -0.2) is 0 Å². The average molecular weight is 361 g/mol. The summed E-state index contributed by atoms with van der Waals surface area (Å²) in [5.74, 6) is 1.67. The van der Waals surface area contributed by atoms with Crippen LogP contribution in [0, 0.1) is 6.92 Å². The molecule has 3 aromatic heterocycles. The monoisotopic (exact) mass is 361 g/mol. The van der Waals surface area contributed by atoms with Gasteiger partial charge in [0.1, 0.15) is 5.82 Å². The fraction of sp³-hybridized carbons (Fsp3) is 0.368. The van der Waals surface area contributed by atoms with Gasteiger partial charge in [-0.2, -0.15) is 5.10 Å². The molecule has 8 heteroatoms. The molecular formula is C19H19N7O. The summed E-state index contributed by atoms with van der Waals surface area (Å²) in [7, 11) is 0. The SMILES string of the molecule is Cc1ccc(N2CCC3(CCn4c3nnc(-c3ccncc3)c4=O)C2)nn1. The second-order valence-electron chi connectivity index (χ2n) is 7.30. The molecule has 136 valence electrons. The number of fused-ring (bicyclic) bond motifs is 2. The van der Waals surface area contributed by atoms with Crippen LogP contribution in [0.15, 0.2) is 41.5 Å². The third-order valence-corrected chi connectivity index (χ3v) is 5.65. The van der Waals surface area contributed by atoms with E-state index in [-0.39, 0.29) is 11.0 Å². The molecular weight excluding hydrogens is 342 g/mol. The number of aromatic nitrogens is 6. The lowest BCUT2D eigenvalue weighted by Crippen LogP contribution is -2.33. The van der Waals surface area contributed by atoms with Crippen molar-refractivity contribution in [3.8, 4) is 11.3 Å². The maximum atomic E-state index is 13.0. The molecule has 0 saturated carbocycles. The summed E-state index contributed by atoms with van der Waals surface area (Å²) in [5.41, 5.74) is 1.82. The van der Waals surface area contributed by atoms with E-state index in [4.69, 9.17) is 0 Å². The Morgan fingerprint density at radius 3 is 2.56 bits per heavy atom. The predicted octanol–water partition coefficient (Wildman–Crippen LogP) is 1.35. The summed E-state index contributed by atoms with van der Waals surface area (Å²) in [4.78, 5) is 19.2. The molecule has 2 aliphatic rings. The number of nitrogens with zero attached hydrogens (tertiary/aromatic N) is 7. The highest BCUT2D eigenvalue weighted by molar-refractivity contribution is 5.56. The lowest BCUT2D eigenvalue weighted by Gasteiger charge is -2.23. The Morgan fingerprint density at radius 2 is 1.78 bits per heavy atom. The molecule has 27 heavy (non-hydrogen) atoms. The molecule has 0 bridgehead atoms. The third kappa shape index (κ3) is 2.51. The van der Waals surface area contributed by atoms with Crippen LogP contribution < -0.4 is 10.5 Å². The van der Waals surface area contributed by atoms with Crippen molar-refractivity contribution in [3.63, 3.8) is 0 Å². The Balaban J connectivity index is 1.50. The van der Waals surface area contributed by atoms with Crippen molar-refractivity contribution in [2.75, 3.05) is 18.0 Å². The van der Waals surface area contributed by atoms with Crippen molar-refractivity contribution in [2.45, 2.75) is 31.7 Å². The molecule has 1 spiro atoms. The standard InChI is InChI=1S/C19H19N7O/c1-13-2-3-15(22-21-13)25-10-6-19(12-25)7-11-26-17(27)16(23-24-18(19)26)14-4-8-20-9-5-14/h2-5,8-9H,6-7,10-12H2,1H3. The maximum absolute atomic E-state index is 13.0. The Kier molecular flexibility index (Phi) is 3.53. The van der Waals surface area contributed by atoms with Crippen LogP contribution in [0.25, 0.3) is 11.3 Å². The largest absolute Gasteiger partial charge is 0.354 e. The van der Waals surface area contributed by atoms with Gasteiger partial charge in [-0.3, -0.25) is 14.3 Å². The molecule has 1 atom stereocenters. The summed E-state index contributed by atoms with van der Waals surface area (Å²) in [6.07, 6.45) is 5.15. The van der Waals surface area contributed by atoms with Crippen LogP contribution in [-0.4, -0.2) is 43.0 Å². The Hall–Kier alpha value is -3.16. The zero-order valence-electron chi connectivity index (χ0n) is 15.0. The average Bonchev–Trinajstić information content (AvgIpc) is 3.29. The first-order valence-corrected chi connectivity index (χ1v) is 9.10. The van der Waals surface area contributed by atoms with Gasteiger partial charge in [0.2, 0.25) is 0 Å². The van der Waals surface area contributed by atoms with Gasteiger partial charge in [0.25, 0.3) is 5.56 Å². The van der Waals surface area contributed by atoms with E-state index >= 15 is 0 Å². The normalized spacial score (nSPS) is 21.0. The van der Waals surface area contributed by atoms with Gasteiger partial charge in [-0.15, -0.1) is 15.3 Å². The smallest absolute Gasteiger partial charge is 0.280 e. The topological polar surface area (TPSA) is 89.7 Å². The lowest BCUT2D eigenvalue weighted by atomic mass is 9.85. The van der Waals surface area contributed by atoms with Crippen molar-refractivity contribution in [1.29, 1.82) is 0 Å². The highest BCUT2D eigenvalue weighted by Crippen LogP contribution is 2.41. The van der Waals surface area contributed by atoms with Crippen molar-refractivity contribution < 1.29 is 0 Å². The van der Waals surface area contributed by atoms with E-state index in [1.807, 2.05) is 19.1 Å². The van der Waals surface area contributed by atoms with Gasteiger partial charge >= 0.3 is 0 Å². The van der Waals surface area contributed by atoms with Gasteiger partial charge in [0, 0.05) is 37.6 Å². The second-order valence-corrected chi connectivity index (χ2v) is 7.30. The molecule has 0 aliphatic carbocycles. The number of rotatable bonds is 2. The molecule has 0 amide bonds. The molecule has 2 aliphatic heterocycles. The maximum Gasteiger partial charge on any atom is 0.280 e. The van der Waals surface area contributed by atoms with E-state index in [2.05, 4.69) is 30.3 Å². The minimum absolute atomic E-state index is 0.0725. The van der Waals surface area contributed by atoms with E-state index in [1.54, 1.807) is 29.1 Å². The van der Waals surface area contributed by atoms with E-state index < -0.39 is 0 Å². The summed E-state index contributed by atoms with van der Waals surface area (Å²) in [6, 6.07) is 7.55. The number of hydrogen-bond acceptors (Lipinski definition) is 7. The number of hydrogen-bond donors (Lipinski definition) is 0. The van der Waals surface area contributed by atoms with E-state index in [0.29, 0.717) is 12.2 Å². The minimum Gasteiger partial charge on any atom is -0.354 e. The van der Waals surface area contributed by atoms with Gasteiger partial charge < -0.3 is 4.90 Å². The quantitative estimate of drug-likeness (QED) is 0.680. The highest BCUT2D eigenvalue weighted by Gasteiger charge is 2.47. The molecule has 1 fully saturated rings. The van der Waals surface area contributed by atoms with Crippen LogP contribution in [0.2, 0.25) is 0 Å². The van der Waals surface area contributed by atoms with Crippen LogP contribution in [0.5, 0.6) is 0 Å². The first-order chi connectivity index (χ1) is 13.2. The Bertz CT molecular complexity index is 1050. The molecule has 5 rings (SSSR count). The molecule has 0 N–H and O–H groups in total. The van der Waals surface area contributed by atoms with Crippen LogP contribution >= 0.6 is 0 Å². The van der Waals surface area contributed by atoms with Gasteiger partial charge in [-0.05, 0) is 44.0 Å². The molecule has 0 aromatic carbocycles. The van der Waals surface area contributed by atoms with Crippen LogP contribution in [0.4, 0.5) is 5.82 Å². The Labute approximate surface area is 155 Å². The van der Waals surface area contributed by atoms with E-state index in [9.17, 15) is 4.79 Å². The molecule has 1 unspecified atom stereocenters. The highest BCUT2D eigenvalue weighted by atomic mass is 16.1. The first kappa shape index (κ1) is 16.0.